The van der Waals surface area contributed by atoms with Crippen LogP contribution in [-0.4, -0.2) is 37.5 Å². The van der Waals surface area contributed by atoms with E-state index in [0.717, 1.165) is 36.6 Å². The number of carbonyl (C=O) groups is 1. The van der Waals surface area contributed by atoms with Crippen LogP contribution in [0.1, 0.15) is 67.1 Å². The minimum atomic E-state index is -1.20. The van der Waals surface area contributed by atoms with Gasteiger partial charge in [0.1, 0.15) is 6.07 Å². The van der Waals surface area contributed by atoms with E-state index in [9.17, 15) is 15.0 Å². The molecule has 1 saturated carbocycles. The van der Waals surface area contributed by atoms with Gasteiger partial charge in [-0.25, -0.2) is 0 Å². The number of nitriles is 1. The van der Waals surface area contributed by atoms with Crippen LogP contribution in [-0.2, 0) is 5.60 Å². The van der Waals surface area contributed by atoms with Crippen LogP contribution in [0.25, 0.3) is 10.9 Å². The molecule has 3 aromatic rings. The SMILES string of the molecule is CC(C)(O)c1cc2nn(C3CCC(CO)CC3)cc2cc1NC(=O)c1cncc(C#N)c1. The van der Waals surface area contributed by atoms with Crippen LogP contribution in [0.15, 0.2) is 36.8 Å². The molecule has 8 heteroatoms. The highest BCUT2D eigenvalue weighted by Gasteiger charge is 2.26. The molecule has 0 saturated heterocycles. The second kappa shape index (κ2) is 8.69. The number of nitrogens with one attached hydrogen (secondary N) is 1. The van der Waals surface area contributed by atoms with Crippen molar-refractivity contribution in [3.8, 4) is 6.07 Å². The van der Waals surface area contributed by atoms with Crippen molar-refractivity contribution in [2.75, 3.05) is 11.9 Å². The molecule has 1 aliphatic carbocycles. The summed E-state index contributed by atoms with van der Waals surface area (Å²) < 4.78 is 1.97. The van der Waals surface area contributed by atoms with E-state index in [-0.39, 0.29) is 18.2 Å². The summed E-state index contributed by atoms with van der Waals surface area (Å²) in [6.07, 6.45) is 8.65. The van der Waals surface area contributed by atoms with Crippen LogP contribution in [0.4, 0.5) is 5.69 Å². The van der Waals surface area contributed by atoms with E-state index >= 15 is 0 Å². The third-order valence-corrected chi connectivity index (χ3v) is 6.15. The van der Waals surface area contributed by atoms with Gasteiger partial charge >= 0.3 is 0 Å². The predicted molar refractivity (Wildman–Crippen MR) is 120 cm³/mol. The van der Waals surface area contributed by atoms with Gasteiger partial charge in [0.05, 0.1) is 28.3 Å². The summed E-state index contributed by atoms with van der Waals surface area (Å²) in [5, 5.41) is 37.7. The lowest BCUT2D eigenvalue weighted by atomic mass is 9.87. The molecule has 0 unspecified atom stereocenters. The molecule has 0 bridgehead atoms. The van der Waals surface area contributed by atoms with Crippen LogP contribution in [0, 0.1) is 17.2 Å². The zero-order valence-electron chi connectivity index (χ0n) is 18.2. The number of anilines is 1. The maximum Gasteiger partial charge on any atom is 0.257 e. The van der Waals surface area contributed by atoms with E-state index in [0.29, 0.717) is 22.7 Å². The zero-order valence-corrected chi connectivity index (χ0v) is 18.2. The third-order valence-electron chi connectivity index (χ3n) is 6.15. The Kier molecular flexibility index (Phi) is 5.96. The first-order chi connectivity index (χ1) is 15.3. The number of benzene rings is 1. The third kappa shape index (κ3) is 4.49. The molecule has 1 fully saturated rings. The first-order valence-electron chi connectivity index (χ1n) is 10.8. The van der Waals surface area contributed by atoms with Crippen molar-refractivity contribution in [2.45, 2.75) is 51.2 Å². The van der Waals surface area contributed by atoms with Gasteiger partial charge in [-0.2, -0.15) is 10.4 Å². The van der Waals surface area contributed by atoms with Crippen LogP contribution >= 0.6 is 0 Å². The van der Waals surface area contributed by atoms with E-state index < -0.39 is 11.5 Å². The molecule has 8 nitrogen and oxygen atoms in total. The summed E-state index contributed by atoms with van der Waals surface area (Å²) in [6.45, 7) is 3.56. The Morgan fingerprint density at radius 3 is 2.66 bits per heavy atom. The van der Waals surface area contributed by atoms with Gasteiger partial charge < -0.3 is 15.5 Å². The van der Waals surface area contributed by atoms with Crippen molar-refractivity contribution < 1.29 is 15.0 Å². The Labute approximate surface area is 186 Å². The van der Waals surface area contributed by atoms with Crippen molar-refractivity contribution in [3.63, 3.8) is 0 Å². The summed E-state index contributed by atoms with van der Waals surface area (Å²) in [4.78, 5) is 16.8. The fourth-order valence-corrected chi connectivity index (χ4v) is 4.30. The van der Waals surface area contributed by atoms with Crippen molar-refractivity contribution in [1.82, 2.24) is 14.8 Å². The molecule has 2 aromatic heterocycles. The highest BCUT2D eigenvalue weighted by atomic mass is 16.3. The van der Waals surface area contributed by atoms with Crippen LogP contribution in [0.2, 0.25) is 0 Å². The number of aliphatic hydroxyl groups is 2. The van der Waals surface area contributed by atoms with Crippen LogP contribution < -0.4 is 5.32 Å². The molecule has 3 N–H and O–H groups in total. The van der Waals surface area contributed by atoms with E-state index in [4.69, 9.17) is 10.4 Å². The number of aromatic nitrogens is 3. The lowest BCUT2D eigenvalue weighted by Crippen LogP contribution is -2.21. The number of nitrogens with zero attached hydrogens (tertiary/aromatic N) is 4. The molecule has 2 heterocycles. The fourth-order valence-electron chi connectivity index (χ4n) is 4.30. The minimum Gasteiger partial charge on any atom is -0.396 e. The van der Waals surface area contributed by atoms with Crippen LogP contribution in [0.3, 0.4) is 0 Å². The Balaban J connectivity index is 1.66. The molecule has 1 aliphatic rings. The number of pyridine rings is 1. The van der Waals surface area contributed by atoms with Crippen molar-refractivity contribution in [2.24, 2.45) is 5.92 Å². The van der Waals surface area contributed by atoms with Crippen LogP contribution in [0.5, 0.6) is 0 Å². The van der Waals surface area contributed by atoms with Gasteiger partial charge in [-0.3, -0.25) is 14.5 Å². The van der Waals surface area contributed by atoms with E-state index in [2.05, 4.69) is 10.3 Å². The van der Waals surface area contributed by atoms with Gasteiger partial charge in [0.15, 0.2) is 0 Å². The summed E-state index contributed by atoms with van der Waals surface area (Å²) in [7, 11) is 0. The molecular formula is C24H27N5O3. The highest BCUT2D eigenvalue weighted by molar-refractivity contribution is 6.05. The predicted octanol–water partition coefficient (Wildman–Crippen LogP) is 3.51. The number of aliphatic hydroxyl groups excluding tert-OH is 1. The minimum absolute atomic E-state index is 0.235. The maximum absolute atomic E-state index is 12.8. The molecule has 0 atom stereocenters. The Morgan fingerprint density at radius 2 is 2.00 bits per heavy atom. The van der Waals surface area contributed by atoms with Gasteiger partial charge in [0.25, 0.3) is 5.91 Å². The molecule has 166 valence electrons. The van der Waals surface area contributed by atoms with Crippen molar-refractivity contribution in [3.05, 3.63) is 53.5 Å². The molecule has 32 heavy (non-hydrogen) atoms. The molecule has 1 amide bonds. The Bertz CT molecular complexity index is 1180. The smallest absolute Gasteiger partial charge is 0.257 e. The van der Waals surface area contributed by atoms with E-state index in [1.807, 2.05) is 29.1 Å². The standard InChI is InChI=1S/C24H27N5O3/c1-24(2,32)20-9-21-18(13-29(28-21)19-5-3-15(14-30)4-6-19)8-22(20)27-23(31)17-7-16(10-25)11-26-12-17/h7-9,11-13,15,19,30,32H,3-6,14H2,1-2H3,(H,27,31). The van der Waals surface area contributed by atoms with Crippen molar-refractivity contribution >= 4 is 22.5 Å². The zero-order chi connectivity index (χ0) is 22.9. The van der Waals surface area contributed by atoms with Gasteiger partial charge in [-0.15, -0.1) is 0 Å². The van der Waals surface area contributed by atoms with Gasteiger partial charge in [-0.05, 0) is 63.6 Å². The second-order valence-electron chi connectivity index (χ2n) is 9.01. The number of hydrogen-bond acceptors (Lipinski definition) is 6. The average Bonchev–Trinajstić information content (AvgIpc) is 3.21. The lowest BCUT2D eigenvalue weighted by molar-refractivity contribution is 0.0794. The Hall–Kier alpha value is -3.28. The number of fused-ring (bicyclic) bond motifs is 1. The van der Waals surface area contributed by atoms with E-state index in [1.165, 1.54) is 18.5 Å². The molecular weight excluding hydrogens is 406 g/mol. The average molecular weight is 434 g/mol. The van der Waals surface area contributed by atoms with Gasteiger partial charge in [-0.1, -0.05) is 0 Å². The maximum atomic E-state index is 12.8. The Morgan fingerprint density at radius 1 is 1.25 bits per heavy atom. The number of hydrogen-bond donors (Lipinski definition) is 3. The molecule has 0 radical (unpaired) electrons. The normalized spacial score (nSPS) is 19.0. The number of rotatable bonds is 5. The largest absolute Gasteiger partial charge is 0.396 e. The van der Waals surface area contributed by atoms with Crippen molar-refractivity contribution in [1.29, 1.82) is 5.26 Å². The topological polar surface area (TPSA) is 124 Å². The monoisotopic (exact) mass is 433 g/mol. The molecule has 4 rings (SSSR count). The van der Waals surface area contributed by atoms with Gasteiger partial charge in [0.2, 0.25) is 0 Å². The second-order valence-corrected chi connectivity index (χ2v) is 9.01. The van der Waals surface area contributed by atoms with Gasteiger partial charge in [0, 0.05) is 41.8 Å². The summed E-state index contributed by atoms with van der Waals surface area (Å²) in [6, 6.07) is 7.36. The summed E-state index contributed by atoms with van der Waals surface area (Å²) in [5.74, 6) is -0.0389. The highest BCUT2D eigenvalue weighted by Crippen LogP contribution is 2.35. The first-order valence-corrected chi connectivity index (χ1v) is 10.8. The quantitative estimate of drug-likeness (QED) is 0.566. The molecule has 1 aromatic carbocycles. The summed E-state index contributed by atoms with van der Waals surface area (Å²) in [5.41, 5.74) is 1.15. The van der Waals surface area contributed by atoms with E-state index in [1.54, 1.807) is 13.8 Å². The first kappa shape index (κ1) is 21.9. The lowest BCUT2D eigenvalue weighted by Gasteiger charge is -2.27. The number of amides is 1. The molecule has 0 aliphatic heterocycles. The number of carbonyl (C=O) groups excluding carboxylic acids is 1. The molecule has 0 spiro atoms. The fraction of sp³-hybridized carbons (Fsp3) is 0.417. The summed E-state index contributed by atoms with van der Waals surface area (Å²) >= 11 is 0.